The Morgan fingerprint density at radius 2 is 1.94 bits per heavy atom. The van der Waals surface area contributed by atoms with Gasteiger partial charge in [-0.2, -0.15) is 0 Å². The predicted octanol–water partition coefficient (Wildman–Crippen LogP) is 8.08. The molecular weight excluding hydrogens is 555 g/mol. The third-order valence-corrected chi connectivity index (χ3v) is 7.71. The Kier molecular flexibility index (Phi) is 6.66. The summed E-state index contributed by atoms with van der Waals surface area (Å²) in [5.74, 6) is 1.17. The van der Waals surface area contributed by atoms with Crippen LogP contribution < -0.4 is 14.8 Å². The summed E-state index contributed by atoms with van der Waals surface area (Å²) in [6.07, 6.45) is 4.93. The Labute approximate surface area is 221 Å². The van der Waals surface area contributed by atoms with Crippen molar-refractivity contribution in [1.29, 1.82) is 0 Å². The largest absolute Gasteiger partial charge is 0.493 e. The number of anilines is 1. The van der Waals surface area contributed by atoms with Crippen LogP contribution in [0.3, 0.4) is 0 Å². The number of allylic oxidation sites excluding steroid dienone is 2. The third-order valence-electron chi connectivity index (χ3n) is 6.55. The summed E-state index contributed by atoms with van der Waals surface area (Å²) >= 11 is 16.1. The minimum atomic E-state index is -0.340. The van der Waals surface area contributed by atoms with Gasteiger partial charge in [0.15, 0.2) is 11.5 Å². The van der Waals surface area contributed by atoms with Gasteiger partial charge in [-0.15, -0.1) is 0 Å². The summed E-state index contributed by atoms with van der Waals surface area (Å²) in [7, 11) is 1.60. The highest BCUT2D eigenvalue weighted by atomic mass is 79.9. The fourth-order valence-electron chi connectivity index (χ4n) is 4.94. The molecule has 1 aliphatic carbocycles. The number of hydrogen-bond acceptors (Lipinski definition) is 5. The first-order valence-electron chi connectivity index (χ1n) is 11.0. The molecule has 3 aromatic rings. The van der Waals surface area contributed by atoms with Gasteiger partial charge in [0.1, 0.15) is 6.61 Å². The van der Waals surface area contributed by atoms with Crippen LogP contribution in [0.1, 0.15) is 35.1 Å². The first-order chi connectivity index (χ1) is 16.9. The van der Waals surface area contributed by atoms with Crippen LogP contribution in [-0.4, -0.2) is 12.0 Å². The number of methoxy groups -OCH3 is 1. The maximum absolute atomic E-state index is 11.7. The molecule has 0 saturated heterocycles. The van der Waals surface area contributed by atoms with E-state index in [9.17, 15) is 10.1 Å². The summed E-state index contributed by atoms with van der Waals surface area (Å²) in [5.41, 5.74) is 3.29. The molecular formula is C26H21BrCl2N2O4. The number of nitrogens with one attached hydrogen (secondary N) is 1. The molecule has 0 aromatic heterocycles. The predicted molar refractivity (Wildman–Crippen MR) is 141 cm³/mol. The highest BCUT2D eigenvalue weighted by molar-refractivity contribution is 9.10. The van der Waals surface area contributed by atoms with E-state index in [1.807, 2.05) is 36.4 Å². The minimum Gasteiger partial charge on any atom is -0.493 e. The molecule has 0 amide bonds. The lowest BCUT2D eigenvalue weighted by molar-refractivity contribution is -0.385. The van der Waals surface area contributed by atoms with Crippen LogP contribution in [0.2, 0.25) is 10.0 Å². The lowest BCUT2D eigenvalue weighted by Crippen LogP contribution is -2.30. The van der Waals surface area contributed by atoms with Gasteiger partial charge in [0.25, 0.3) is 5.69 Å². The molecule has 180 valence electrons. The number of fused-ring (bicyclic) bond motifs is 3. The van der Waals surface area contributed by atoms with Crippen molar-refractivity contribution in [3.05, 3.63) is 102 Å². The SMILES string of the molecule is COc1cc([C@@H]2Nc3c(Cl)ccc([N+](=O)[O-])c3[C@@H]3C=CC[C@H]32)cc(Br)c1OCc1ccc(Cl)cc1. The van der Waals surface area contributed by atoms with Gasteiger partial charge in [-0.1, -0.05) is 47.5 Å². The number of nitro benzene ring substituents is 1. The number of hydrogen-bond donors (Lipinski definition) is 1. The van der Waals surface area contributed by atoms with Gasteiger partial charge in [-0.05, 0) is 69.7 Å². The van der Waals surface area contributed by atoms with Gasteiger partial charge in [0, 0.05) is 17.0 Å². The van der Waals surface area contributed by atoms with Crippen molar-refractivity contribution < 1.29 is 14.4 Å². The number of rotatable bonds is 6. The molecule has 0 spiro atoms. The van der Waals surface area contributed by atoms with Crippen molar-refractivity contribution in [2.24, 2.45) is 5.92 Å². The lowest BCUT2D eigenvalue weighted by Gasteiger charge is -2.37. The van der Waals surface area contributed by atoms with Crippen LogP contribution in [0.4, 0.5) is 11.4 Å². The molecule has 0 radical (unpaired) electrons. The van der Waals surface area contributed by atoms with Crippen molar-refractivity contribution >= 4 is 50.5 Å². The molecule has 0 bridgehead atoms. The monoisotopic (exact) mass is 574 g/mol. The van der Waals surface area contributed by atoms with Gasteiger partial charge >= 0.3 is 0 Å². The van der Waals surface area contributed by atoms with E-state index in [0.717, 1.165) is 22.0 Å². The van der Waals surface area contributed by atoms with E-state index in [2.05, 4.69) is 33.4 Å². The summed E-state index contributed by atoms with van der Waals surface area (Å²) in [4.78, 5) is 11.4. The van der Waals surface area contributed by atoms with Crippen molar-refractivity contribution in [3.8, 4) is 11.5 Å². The summed E-state index contributed by atoms with van der Waals surface area (Å²) < 4.78 is 12.5. The highest BCUT2D eigenvalue weighted by Crippen LogP contribution is 2.55. The molecule has 0 unspecified atom stereocenters. The zero-order chi connectivity index (χ0) is 24.7. The highest BCUT2D eigenvalue weighted by Gasteiger charge is 2.42. The summed E-state index contributed by atoms with van der Waals surface area (Å²) in [6, 6.07) is 14.4. The molecule has 5 rings (SSSR count). The van der Waals surface area contributed by atoms with E-state index in [0.29, 0.717) is 39.4 Å². The van der Waals surface area contributed by atoms with Gasteiger partial charge < -0.3 is 14.8 Å². The average Bonchev–Trinajstić information content (AvgIpc) is 3.33. The van der Waals surface area contributed by atoms with Gasteiger partial charge in [0.2, 0.25) is 0 Å². The second-order valence-corrected chi connectivity index (χ2v) is 10.2. The Morgan fingerprint density at radius 3 is 2.66 bits per heavy atom. The molecule has 3 atom stereocenters. The molecule has 0 fully saturated rings. The fraction of sp³-hybridized carbons (Fsp3) is 0.231. The number of nitrogens with zero attached hydrogens (tertiary/aromatic N) is 1. The molecule has 35 heavy (non-hydrogen) atoms. The summed E-state index contributed by atoms with van der Waals surface area (Å²) in [6.45, 7) is 0.356. The number of halogens is 3. The first-order valence-corrected chi connectivity index (χ1v) is 12.6. The van der Waals surface area contributed by atoms with Crippen LogP contribution in [0, 0.1) is 16.0 Å². The molecule has 6 nitrogen and oxygen atoms in total. The van der Waals surface area contributed by atoms with E-state index in [1.165, 1.54) is 6.07 Å². The van der Waals surface area contributed by atoms with E-state index in [1.54, 1.807) is 13.2 Å². The third kappa shape index (κ3) is 4.48. The van der Waals surface area contributed by atoms with Crippen molar-refractivity contribution in [1.82, 2.24) is 0 Å². The van der Waals surface area contributed by atoms with Crippen molar-refractivity contribution in [2.45, 2.75) is 25.0 Å². The van der Waals surface area contributed by atoms with Crippen LogP contribution >= 0.6 is 39.1 Å². The Morgan fingerprint density at radius 1 is 1.17 bits per heavy atom. The van der Waals surface area contributed by atoms with Gasteiger partial charge in [-0.25, -0.2) is 0 Å². The minimum absolute atomic E-state index is 0.0848. The van der Waals surface area contributed by atoms with Crippen molar-refractivity contribution in [2.75, 3.05) is 12.4 Å². The van der Waals surface area contributed by atoms with Crippen molar-refractivity contribution in [3.63, 3.8) is 0 Å². The van der Waals surface area contributed by atoms with Crippen LogP contribution in [0.5, 0.6) is 11.5 Å². The topological polar surface area (TPSA) is 73.6 Å². The number of ether oxygens (including phenoxy) is 2. The molecule has 2 aliphatic rings. The maximum Gasteiger partial charge on any atom is 0.275 e. The molecule has 3 aromatic carbocycles. The molecule has 0 saturated carbocycles. The van der Waals surface area contributed by atoms with Gasteiger partial charge in [-0.3, -0.25) is 10.1 Å². The lowest BCUT2D eigenvalue weighted by atomic mass is 9.76. The van der Waals surface area contributed by atoms with Crippen LogP contribution in [-0.2, 0) is 6.61 Å². The normalized spacial score (nSPS) is 20.1. The second kappa shape index (κ2) is 9.72. The molecule has 1 aliphatic heterocycles. The Bertz CT molecular complexity index is 1330. The first kappa shape index (κ1) is 24.0. The standard InChI is InChI=1S/C26H21BrCl2N2O4/c1-34-22-12-15(11-19(27)26(22)35-13-14-5-7-16(28)8-6-14)24-18-4-2-3-17(18)23-21(31(32)33)10-9-20(29)25(23)30-24/h2-3,5-12,17-18,24,30H,4,13H2,1H3/t17-,18-,24+/m1/s1. The Balaban J connectivity index is 1.49. The van der Waals surface area contributed by atoms with Gasteiger partial charge in [0.05, 0.1) is 38.8 Å². The smallest absolute Gasteiger partial charge is 0.275 e. The fourth-order valence-corrected chi connectivity index (χ4v) is 5.86. The van der Waals surface area contributed by atoms with E-state index in [-0.39, 0.29) is 28.5 Å². The Hall–Kier alpha value is -2.74. The van der Waals surface area contributed by atoms with Crippen LogP contribution in [0.15, 0.2) is 65.2 Å². The second-order valence-electron chi connectivity index (χ2n) is 8.54. The quantitative estimate of drug-likeness (QED) is 0.183. The van der Waals surface area contributed by atoms with E-state index in [4.69, 9.17) is 32.7 Å². The zero-order valence-corrected chi connectivity index (χ0v) is 21.7. The molecule has 9 heteroatoms. The number of benzene rings is 3. The molecule has 1 N–H and O–H groups in total. The summed E-state index contributed by atoms with van der Waals surface area (Å²) in [5, 5.41) is 16.4. The number of nitro groups is 1. The van der Waals surface area contributed by atoms with E-state index < -0.39 is 0 Å². The van der Waals surface area contributed by atoms with Crippen LogP contribution in [0.25, 0.3) is 0 Å². The zero-order valence-electron chi connectivity index (χ0n) is 18.6. The maximum atomic E-state index is 11.7. The molecule has 1 heterocycles. The van der Waals surface area contributed by atoms with E-state index >= 15 is 0 Å². The average molecular weight is 576 g/mol.